The lowest BCUT2D eigenvalue weighted by molar-refractivity contribution is -0.129. The maximum absolute atomic E-state index is 11.1. The van der Waals surface area contributed by atoms with E-state index in [-0.39, 0.29) is 23.9 Å². The molecule has 0 aromatic carbocycles. The van der Waals surface area contributed by atoms with Crippen molar-refractivity contribution >= 4 is 21.8 Å². The number of rotatable bonds is 3. The van der Waals surface area contributed by atoms with Crippen LogP contribution in [0.2, 0.25) is 0 Å². The van der Waals surface area contributed by atoms with E-state index < -0.39 is 6.10 Å². The maximum atomic E-state index is 11.1. The van der Waals surface area contributed by atoms with Gasteiger partial charge in [-0.05, 0) is 0 Å². The van der Waals surface area contributed by atoms with Crippen LogP contribution in [-0.2, 0) is 4.79 Å². The second-order valence-corrected chi connectivity index (χ2v) is 4.23. The monoisotopic (exact) mass is 237 g/mol. The van der Waals surface area contributed by atoms with Crippen LogP contribution in [0.1, 0.15) is 6.42 Å². The second-order valence-electron chi connectivity index (χ2n) is 2.94. The molecule has 4 nitrogen and oxygen atoms in total. The molecule has 0 radical (unpaired) electrons. The number of carbonyl (C=O) groups is 1. The lowest BCUT2D eigenvalue weighted by atomic mass is 10.3. The van der Waals surface area contributed by atoms with Gasteiger partial charge in [-0.2, -0.15) is 0 Å². The highest BCUT2D eigenvalue weighted by molar-refractivity contribution is 9.09. The SMILES string of the molecule is O=C1CC(Br)CN1C[C@@H](O)CO. The molecule has 1 saturated heterocycles. The van der Waals surface area contributed by atoms with Crippen molar-refractivity contribution in [3.63, 3.8) is 0 Å². The summed E-state index contributed by atoms with van der Waals surface area (Å²) in [5, 5.41) is 17.6. The van der Waals surface area contributed by atoms with Crippen LogP contribution >= 0.6 is 15.9 Å². The number of alkyl halides is 1. The molecule has 1 aliphatic rings. The molecule has 1 heterocycles. The van der Waals surface area contributed by atoms with Crippen LogP contribution in [0.4, 0.5) is 0 Å². The van der Waals surface area contributed by atoms with E-state index in [0.717, 1.165) is 0 Å². The van der Waals surface area contributed by atoms with Crippen LogP contribution in [0.25, 0.3) is 0 Å². The minimum absolute atomic E-state index is 0.0318. The first-order chi connectivity index (χ1) is 5.63. The van der Waals surface area contributed by atoms with Crippen molar-refractivity contribution in [1.29, 1.82) is 0 Å². The molecule has 1 unspecified atom stereocenters. The third-order valence-electron chi connectivity index (χ3n) is 1.81. The zero-order valence-electron chi connectivity index (χ0n) is 6.61. The number of hydrogen-bond donors (Lipinski definition) is 2. The Morgan fingerprint density at radius 3 is 2.83 bits per heavy atom. The van der Waals surface area contributed by atoms with Gasteiger partial charge in [0.1, 0.15) is 0 Å². The molecular weight excluding hydrogens is 226 g/mol. The largest absolute Gasteiger partial charge is 0.394 e. The van der Waals surface area contributed by atoms with Gasteiger partial charge in [-0.25, -0.2) is 0 Å². The van der Waals surface area contributed by atoms with E-state index in [1.165, 1.54) is 0 Å². The van der Waals surface area contributed by atoms with Gasteiger partial charge >= 0.3 is 0 Å². The summed E-state index contributed by atoms with van der Waals surface area (Å²) in [5.41, 5.74) is 0. The van der Waals surface area contributed by atoms with Gasteiger partial charge in [-0.3, -0.25) is 4.79 Å². The first-order valence-corrected chi connectivity index (χ1v) is 4.76. The Bertz CT molecular complexity index is 176. The fourth-order valence-electron chi connectivity index (χ4n) is 1.21. The second kappa shape index (κ2) is 4.20. The molecule has 0 aliphatic carbocycles. The van der Waals surface area contributed by atoms with Gasteiger partial charge in [-0.15, -0.1) is 0 Å². The normalized spacial score (nSPS) is 26.4. The minimum Gasteiger partial charge on any atom is -0.394 e. The molecule has 1 aliphatic heterocycles. The van der Waals surface area contributed by atoms with Crippen LogP contribution in [0.3, 0.4) is 0 Å². The highest BCUT2D eigenvalue weighted by Gasteiger charge is 2.28. The summed E-state index contributed by atoms with van der Waals surface area (Å²) >= 11 is 3.32. The lowest BCUT2D eigenvalue weighted by Crippen LogP contribution is -2.35. The van der Waals surface area contributed by atoms with Crippen molar-refractivity contribution in [2.45, 2.75) is 17.4 Å². The molecule has 12 heavy (non-hydrogen) atoms. The van der Waals surface area contributed by atoms with Gasteiger partial charge in [0.2, 0.25) is 5.91 Å². The Kier molecular flexibility index (Phi) is 3.49. The maximum Gasteiger partial charge on any atom is 0.223 e. The Hall–Kier alpha value is -0.130. The first kappa shape index (κ1) is 9.95. The number of nitrogens with zero attached hydrogens (tertiary/aromatic N) is 1. The number of aliphatic hydroxyl groups is 2. The fourth-order valence-corrected chi connectivity index (χ4v) is 1.84. The Labute approximate surface area is 79.3 Å². The molecule has 0 bridgehead atoms. The van der Waals surface area contributed by atoms with Crippen LogP contribution in [0, 0.1) is 0 Å². The van der Waals surface area contributed by atoms with Gasteiger partial charge < -0.3 is 15.1 Å². The molecule has 1 rings (SSSR count). The van der Waals surface area contributed by atoms with Gasteiger partial charge in [0.05, 0.1) is 12.7 Å². The summed E-state index contributed by atoms with van der Waals surface area (Å²) in [4.78, 5) is 12.9. The zero-order valence-corrected chi connectivity index (χ0v) is 8.20. The van der Waals surface area contributed by atoms with Crippen molar-refractivity contribution in [3.05, 3.63) is 0 Å². The van der Waals surface area contributed by atoms with Crippen LogP contribution in [0.15, 0.2) is 0 Å². The van der Waals surface area contributed by atoms with Crippen molar-refractivity contribution < 1.29 is 15.0 Å². The number of aliphatic hydroxyl groups excluding tert-OH is 2. The predicted molar refractivity (Wildman–Crippen MR) is 47.0 cm³/mol. The molecule has 0 aromatic rings. The van der Waals surface area contributed by atoms with E-state index in [2.05, 4.69) is 15.9 Å². The number of β-amino-alcohol motifs (C(OH)–C–C–N with tert-alkyl or cyclic N) is 1. The van der Waals surface area contributed by atoms with E-state index >= 15 is 0 Å². The van der Waals surface area contributed by atoms with E-state index in [9.17, 15) is 4.79 Å². The van der Waals surface area contributed by atoms with E-state index in [4.69, 9.17) is 10.2 Å². The smallest absolute Gasteiger partial charge is 0.223 e. The van der Waals surface area contributed by atoms with E-state index in [0.29, 0.717) is 13.0 Å². The molecule has 1 amide bonds. The molecule has 0 spiro atoms. The summed E-state index contributed by atoms with van der Waals surface area (Å²) in [6.07, 6.45) is -0.329. The molecule has 0 saturated carbocycles. The number of likely N-dealkylation sites (tertiary alicyclic amines) is 1. The minimum atomic E-state index is -0.813. The first-order valence-electron chi connectivity index (χ1n) is 3.84. The third kappa shape index (κ3) is 2.43. The average Bonchev–Trinajstić information content (AvgIpc) is 2.30. The predicted octanol–water partition coefficient (Wildman–Crippen LogP) is -0.665. The topological polar surface area (TPSA) is 60.8 Å². The molecule has 0 aromatic heterocycles. The summed E-state index contributed by atoms with van der Waals surface area (Å²) in [7, 11) is 0. The quantitative estimate of drug-likeness (QED) is 0.641. The number of hydrogen-bond acceptors (Lipinski definition) is 3. The van der Waals surface area contributed by atoms with Crippen LogP contribution < -0.4 is 0 Å². The van der Waals surface area contributed by atoms with Gasteiger partial charge in [0, 0.05) is 24.3 Å². The van der Waals surface area contributed by atoms with Gasteiger partial charge in [-0.1, -0.05) is 15.9 Å². The summed E-state index contributed by atoms with van der Waals surface area (Å²) in [6.45, 7) is 0.560. The number of amides is 1. The van der Waals surface area contributed by atoms with Crippen molar-refractivity contribution in [2.24, 2.45) is 0 Å². The molecule has 1 fully saturated rings. The van der Waals surface area contributed by atoms with Crippen molar-refractivity contribution in [3.8, 4) is 0 Å². The summed E-state index contributed by atoms with van der Waals surface area (Å²) < 4.78 is 0. The molecule has 5 heteroatoms. The molecule has 2 N–H and O–H groups in total. The Balaban J connectivity index is 2.37. The van der Waals surface area contributed by atoms with Gasteiger partial charge in [0.15, 0.2) is 0 Å². The van der Waals surface area contributed by atoms with E-state index in [1.54, 1.807) is 4.90 Å². The number of halogens is 1. The Morgan fingerprint density at radius 1 is 1.75 bits per heavy atom. The summed E-state index contributed by atoms with van der Waals surface area (Å²) in [6, 6.07) is 0. The van der Waals surface area contributed by atoms with Crippen LogP contribution in [-0.4, -0.2) is 51.6 Å². The van der Waals surface area contributed by atoms with Crippen LogP contribution in [0.5, 0.6) is 0 Å². The fraction of sp³-hybridized carbons (Fsp3) is 0.857. The van der Waals surface area contributed by atoms with Gasteiger partial charge in [0.25, 0.3) is 0 Å². The third-order valence-corrected chi connectivity index (χ3v) is 2.42. The lowest BCUT2D eigenvalue weighted by Gasteiger charge is -2.18. The molecule has 70 valence electrons. The highest BCUT2D eigenvalue weighted by atomic mass is 79.9. The van der Waals surface area contributed by atoms with E-state index in [1.807, 2.05) is 0 Å². The standard InChI is InChI=1S/C7H12BrNO3/c8-5-1-7(12)9(2-5)3-6(11)4-10/h5-6,10-11H,1-4H2/t5?,6-/m1/s1. The Morgan fingerprint density at radius 2 is 2.42 bits per heavy atom. The highest BCUT2D eigenvalue weighted by Crippen LogP contribution is 2.17. The zero-order chi connectivity index (χ0) is 9.14. The average molecular weight is 238 g/mol. The van der Waals surface area contributed by atoms with Crippen molar-refractivity contribution in [2.75, 3.05) is 19.7 Å². The van der Waals surface area contributed by atoms with Crippen molar-refractivity contribution in [1.82, 2.24) is 4.90 Å². The molecule has 2 atom stereocenters. The molecular formula is C7H12BrNO3. The number of carbonyl (C=O) groups excluding carboxylic acids is 1. The summed E-state index contributed by atoms with van der Waals surface area (Å²) in [5.74, 6) is 0.0318.